The number of piperidine rings is 2. The van der Waals surface area contributed by atoms with Gasteiger partial charge in [-0.2, -0.15) is 10.5 Å². The van der Waals surface area contributed by atoms with E-state index in [1.54, 1.807) is 36.4 Å². The number of hydrogen-bond acceptors (Lipinski definition) is 12. The molecule has 4 aliphatic rings. The van der Waals surface area contributed by atoms with Crippen molar-refractivity contribution in [2.24, 2.45) is 11.8 Å². The molecule has 0 bridgehead atoms. The van der Waals surface area contributed by atoms with Crippen LogP contribution in [0.4, 0.5) is 29.2 Å². The number of ether oxygens (including phenoxy) is 2. The van der Waals surface area contributed by atoms with Gasteiger partial charge in [-0.1, -0.05) is 12.1 Å². The molecule has 2 aromatic heterocycles. The third-order valence-electron chi connectivity index (χ3n) is 11.4. The number of aromatic nitrogens is 2. The molecule has 2 aliphatic heterocycles. The average Bonchev–Trinajstić information content (AvgIpc) is 4.25. The van der Waals surface area contributed by atoms with E-state index in [4.69, 9.17) is 19.7 Å². The van der Waals surface area contributed by atoms with Gasteiger partial charge in [0.15, 0.2) is 12.2 Å². The molecule has 4 fully saturated rings. The third-order valence-corrected chi connectivity index (χ3v) is 11.4. The highest BCUT2D eigenvalue weighted by Crippen LogP contribution is 2.37. The summed E-state index contributed by atoms with van der Waals surface area (Å²) >= 11 is 0. The molecule has 0 radical (unpaired) electrons. The molecular formula is C46H44F4N8O8. The van der Waals surface area contributed by atoms with Crippen molar-refractivity contribution < 1.29 is 56.4 Å². The van der Waals surface area contributed by atoms with Crippen LogP contribution in [-0.2, 0) is 19.2 Å². The zero-order valence-corrected chi connectivity index (χ0v) is 35.3. The number of carbonyl (C=O) groups is 4. The summed E-state index contributed by atoms with van der Waals surface area (Å²) in [7, 11) is 0. The Bertz CT molecular complexity index is 2400. The van der Waals surface area contributed by atoms with Crippen LogP contribution in [0, 0.1) is 34.5 Å². The van der Waals surface area contributed by atoms with Gasteiger partial charge >= 0.3 is 11.8 Å². The Morgan fingerprint density at radius 2 is 1.00 bits per heavy atom. The number of nitrogens with one attached hydrogen (secondary N) is 2. The minimum absolute atomic E-state index is 0.0178. The third kappa shape index (κ3) is 11.4. The first kappa shape index (κ1) is 46.8. The zero-order chi connectivity index (χ0) is 47.2. The lowest BCUT2D eigenvalue weighted by Gasteiger charge is -2.38. The molecule has 4 amide bonds. The minimum Gasteiger partial charge on any atom is -0.483 e. The standard InChI is InChI=1S/2C23H22F2N4O4/c2*24-23(25)13-29(21(31)12-30)8-6-19(23)33-18-4-3-15(9-17(18)11-26)16-5-7-27-20(10-16)28-22(32)14-1-2-14/h2*3-5,7,9-10,14,19,30H,1-2,6,8,12-13H2,(H,27,28,32)/t2*19-/m00/s1. The van der Waals surface area contributed by atoms with Gasteiger partial charge < -0.3 is 40.1 Å². The number of aliphatic hydroxyl groups excluding tert-OH is 2. The summed E-state index contributed by atoms with van der Waals surface area (Å²) in [6, 6.07) is 20.0. The molecule has 66 heavy (non-hydrogen) atoms. The number of nitriles is 2. The van der Waals surface area contributed by atoms with Crippen LogP contribution in [0.5, 0.6) is 11.5 Å². The minimum atomic E-state index is -3.34. The predicted molar refractivity (Wildman–Crippen MR) is 227 cm³/mol. The maximum Gasteiger partial charge on any atom is 0.301 e. The molecule has 2 aromatic carbocycles. The van der Waals surface area contributed by atoms with Crippen LogP contribution in [0.1, 0.15) is 49.7 Å². The lowest BCUT2D eigenvalue weighted by Crippen LogP contribution is -2.55. The van der Waals surface area contributed by atoms with Crippen LogP contribution in [0.3, 0.4) is 0 Å². The van der Waals surface area contributed by atoms with Crippen LogP contribution in [0.25, 0.3) is 22.3 Å². The second-order valence-electron chi connectivity index (χ2n) is 16.3. The fourth-order valence-electron chi connectivity index (χ4n) is 7.37. The van der Waals surface area contributed by atoms with E-state index in [1.165, 1.54) is 36.7 Å². The first-order chi connectivity index (χ1) is 31.6. The first-order valence-corrected chi connectivity index (χ1v) is 21.1. The van der Waals surface area contributed by atoms with E-state index in [-0.39, 0.29) is 72.2 Å². The molecule has 344 valence electrons. The normalized spacial score (nSPS) is 19.5. The maximum absolute atomic E-state index is 14.6. The molecule has 8 rings (SSSR count). The zero-order valence-electron chi connectivity index (χ0n) is 35.3. The number of likely N-dealkylation sites (tertiary alicyclic amines) is 2. The van der Waals surface area contributed by atoms with Crippen molar-refractivity contribution in [2.75, 3.05) is 50.0 Å². The predicted octanol–water partition coefficient (Wildman–Crippen LogP) is 5.15. The average molecular weight is 913 g/mol. The summed E-state index contributed by atoms with van der Waals surface area (Å²) in [5.41, 5.74) is 2.83. The number of amides is 4. The molecule has 4 heterocycles. The van der Waals surface area contributed by atoms with Gasteiger partial charge in [0, 0.05) is 50.2 Å². The molecule has 0 spiro atoms. The van der Waals surface area contributed by atoms with Crippen LogP contribution in [-0.4, -0.2) is 117 Å². The van der Waals surface area contributed by atoms with Crippen LogP contribution in [0.2, 0.25) is 0 Å². The molecule has 20 heteroatoms. The van der Waals surface area contributed by atoms with Gasteiger partial charge in [0.05, 0.1) is 24.2 Å². The van der Waals surface area contributed by atoms with Crippen molar-refractivity contribution in [3.63, 3.8) is 0 Å². The Morgan fingerprint density at radius 3 is 1.33 bits per heavy atom. The molecule has 2 aliphatic carbocycles. The molecule has 16 nitrogen and oxygen atoms in total. The number of hydrogen-bond donors (Lipinski definition) is 4. The Kier molecular flexibility index (Phi) is 14.1. The fourth-order valence-corrected chi connectivity index (χ4v) is 7.37. The summed E-state index contributed by atoms with van der Waals surface area (Å²) in [5.74, 6) is -7.47. The van der Waals surface area contributed by atoms with Crippen LogP contribution in [0.15, 0.2) is 73.1 Å². The number of carbonyl (C=O) groups excluding carboxylic acids is 4. The Balaban J connectivity index is 0.000000196. The molecule has 2 saturated heterocycles. The summed E-state index contributed by atoms with van der Waals surface area (Å²) < 4.78 is 69.3. The largest absolute Gasteiger partial charge is 0.483 e. The highest BCUT2D eigenvalue weighted by atomic mass is 19.3. The molecular weight excluding hydrogens is 869 g/mol. The molecule has 2 atom stereocenters. The number of alkyl halides is 4. The second kappa shape index (κ2) is 19.9. The van der Waals surface area contributed by atoms with E-state index in [0.29, 0.717) is 33.9 Å². The van der Waals surface area contributed by atoms with E-state index in [9.17, 15) is 47.3 Å². The number of rotatable bonds is 12. The number of nitrogens with zero attached hydrogens (tertiary/aromatic N) is 6. The highest BCUT2D eigenvalue weighted by molar-refractivity contribution is 5.94. The Hall–Kier alpha value is -7.16. The monoisotopic (exact) mass is 912 g/mol. The van der Waals surface area contributed by atoms with Crippen molar-refractivity contribution in [3.8, 4) is 45.9 Å². The van der Waals surface area contributed by atoms with E-state index in [0.717, 1.165) is 35.5 Å². The van der Waals surface area contributed by atoms with Gasteiger partial charge in [-0.25, -0.2) is 27.5 Å². The summed E-state index contributed by atoms with van der Waals surface area (Å²) in [5, 5.41) is 42.5. The van der Waals surface area contributed by atoms with Crippen molar-refractivity contribution in [1.29, 1.82) is 10.5 Å². The number of benzene rings is 2. The molecule has 4 aromatic rings. The molecule has 0 unspecified atom stereocenters. The van der Waals surface area contributed by atoms with Crippen LogP contribution >= 0.6 is 0 Å². The fraction of sp³-hybridized carbons (Fsp3) is 0.391. The molecule has 4 N–H and O–H groups in total. The van der Waals surface area contributed by atoms with Gasteiger partial charge in [-0.05, 0) is 96.5 Å². The van der Waals surface area contributed by atoms with Gasteiger partial charge in [-0.15, -0.1) is 0 Å². The van der Waals surface area contributed by atoms with Gasteiger partial charge in [0.2, 0.25) is 23.6 Å². The second-order valence-corrected chi connectivity index (χ2v) is 16.3. The van der Waals surface area contributed by atoms with Crippen molar-refractivity contribution >= 4 is 35.3 Å². The molecule has 2 saturated carbocycles. The number of anilines is 2. The smallest absolute Gasteiger partial charge is 0.301 e. The van der Waals surface area contributed by atoms with Gasteiger partial charge in [0.25, 0.3) is 0 Å². The van der Waals surface area contributed by atoms with Crippen molar-refractivity contribution in [3.05, 3.63) is 84.2 Å². The lowest BCUT2D eigenvalue weighted by atomic mass is 10.0. The topological polar surface area (TPSA) is 231 Å². The van der Waals surface area contributed by atoms with Crippen LogP contribution < -0.4 is 20.1 Å². The summed E-state index contributed by atoms with van der Waals surface area (Å²) in [4.78, 5) is 57.1. The quantitative estimate of drug-likeness (QED) is 0.135. The Morgan fingerprint density at radius 1 is 0.621 bits per heavy atom. The number of aliphatic hydroxyl groups is 2. The summed E-state index contributed by atoms with van der Waals surface area (Å²) in [6.45, 7) is -3.34. The highest BCUT2D eigenvalue weighted by Gasteiger charge is 2.49. The SMILES string of the molecule is N#Cc1cc(-c2ccnc(NC(=O)C3CC3)c2)ccc1O[C@H]1CCN(C(=O)CO)CC1(F)F.N#Cc1cc(-c2ccnc(NC(=O)C3CC3)c2)ccc1O[C@H]1CCN(C(=O)CO)CC1(F)F. The lowest BCUT2D eigenvalue weighted by molar-refractivity contribution is -0.162. The Labute approximate surface area is 375 Å². The van der Waals surface area contributed by atoms with Crippen molar-refractivity contribution in [1.82, 2.24) is 19.8 Å². The van der Waals surface area contributed by atoms with E-state index < -0.39 is 62.2 Å². The van der Waals surface area contributed by atoms with E-state index >= 15 is 0 Å². The van der Waals surface area contributed by atoms with E-state index in [1.807, 2.05) is 12.1 Å². The van der Waals surface area contributed by atoms with E-state index in [2.05, 4.69) is 20.6 Å². The number of pyridine rings is 2. The number of halogens is 4. The summed E-state index contributed by atoms with van der Waals surface area (Å²) in [6.07, 6.45) is 3.25. The first-order valence-electron chi connectivity index (χ1n) is 21.1. The van der Waals surface area contributed by atoms with Gasteiger partial charge in [0.1, 0.15) is 48.5 Å². The maximum atomic E-state index is 14.6. The van der Waals surface area contributed by atoms with Gasteiger partial charge in [-0.3, -0.25) is 19.2 Å². The van der Waals surface area contributed by atoms with Crippen molar-refractivity contribution in [2.45, 2.75) is 62.6 Å².